The molecule has 9 heteroatoms. The maximum absolute atomic E-state index is 13.7. The number of rotatable bonds is 3. The molecule has 0 radical (unpaired) electrons. The van der Waals surface area contributed by atoms with Crippen LogP contribution >= 0.6 is 0 Å². The molecular weight excluding hydrogens is 364 g/mol. The minimum Gasteiger partial charge on any atom is -0.481 e. The molecule has 1 heterocycles. The number of carbonyl (C=O) groups is 3. The topological polar surface area (TPSA) is 93.1 Å². The number of nitrogens with zero attached hydrogens (tertiary/aromatic N) is 1. The van der Waals surface area contributed by atoms with Crippen molar-refractivity contribution in [1.82, 2.24) is 4.90 Å². The zero-order valence-corrected chi connectivity index (χ0v) is 15.4. The quantitative estimate of drug-likeness (QED) is 0.805. The number of carboxylic acids is 1. The molecule has 0 bridgehead atoms. The van der Waals surface area contributed by atoms with Gasteiger partial charge in [-0.25, -0.2) is 18.4 Å². The molecule has 2 rings (SSSR count). The van der Waals surface area contributed by atoms with Crippen LogP contribution in [0, 0.1) is 17.6 Å². The predicted molar refractivity (Wildman–Crippen MR) is 88.7 cm³/mol. The summed E-state index contributed by atoms with van der Waals surface area (Å²) >= 11 is 0. The van der Waals surface area contributed by atoms with E-state index in [0.717, 1.165) is 24.1 Å². The van der Waals surface area contributed by atoms with Crippen LogP contribution in [0.25, 0.3) is 0 Å². The summed E-state index contributed by atoms with van der Waals surface area (Å²) in [6.07, 6.45) is -1.19. The van der Waals surface area contributed by atoms with Gasteiger partial charge in [-0.2, -0.15) is 0 Å². The van der Waals surface area contributed by atoms with E-state index < -0.39 is 53.3 Å². The van der Waals surface area contributed by atoms with Gasteiger partial charge < -0.3 is 14.6 Å². The van der Waals surface area contributed by atoms with Crippen LogP contribution in [0.4, 0.5) is 13.6 Å². The van der Waals surface area contributed by atoms with Gasteiger partial charge in [-0.3, -0.25) is 9.69 Å². The van der Waals surface area contributed by atoms with Crippen LogP contribution in [0.1, 0.15) is 38.8 Å². The summed E-state index contributed by atoms with van der Waals surface area (Å²) in [5.41, 5.74) is -0.879. The van der Waals surface area contributed by atoms with Gasteiger partial charge in [-0.05, 0) is 44.9 Å². The summed E-state index contributed by atoms with van der Waals surface area (Å²) in [6, 6.07) is 0.367. The molecular formula is C18H21F2NO6. The van der Waals surface area contributed by atoms with E-state index in [1.54, 1.807) is 20.8 Å². The van der Waals surface area contributed by atoms with E-state index in [1.807, 2.05) is 0 Å². The van der Waals surface area contributed by atoms with Gasteiger partial charge in [0.15, 0.2) is 11.6 Å². The molecule has 1 aliphatic rings. The second kappa shape index (κ2) is 7.50. The first-order valence-electron chi connectivity index (χ1n) is 8.23. The number of esters is 1. The zero-order chi connectivity index (χ0) is 20.5. The zero-order valence-electron chi connectivity index (χ0n) is 15.4. The van der Waals surface area contributed by atoms with E-state index in [-0.39, 0.29) is 12.0 Å². The predicted octanol–water partition coefficient (Wildman–Crippen LogP) is 2.89. The van der Waals surface area contributed by atoms with Gasteiger partial charge in [0.1, 0.15) is 11.6 Å². The number of ether oxygens (including phenoxy) is 2. The Morgan fingerprint density at radius 3 is 2.30 bits per heavy atom. The Morgan fingerprint density at radius 2 is 1.81 bits per heavy atom. The molecule has 1 aromatic rings. The SMILES string of the molecule is COC(=O)[C@@H]1C[C@@H](C(=O)O)[C@H](c2ccc(F)c(F)c2)N1C(=O)OC(C)(C)C. The summed E-state index contributed by atoms with van der Waals surface area (Å²) < 4.78 is 37.0. The van der Waals surface area contributed by atoms with Gasteiger partial charge in [-0.15, -0.1) is 0 Å². The number of halogens is 2. The summed E-state index contributed by atoms with van der Waals surface area (Å²) in [6.45, 7) is 4.82. The third-order valence-electron chi connectivity index (χ3n) is 4.17. The second-order valence-electron chi connectivity index (χ2n) is 7.23. The Hall–Kier alpha value is -2.71. The van der Waals surface area contributed by atoms with Crippen molar-refractivity contribution in [3.8, 4) is 0 Å². The molecule has 1 saturated heterocycles. The molecule has 27 heavy (non-hydrogen) atoms. The Balaban J connectivity index is 2.56. The first-order valence-corrected chi connectivity index (χ1v) is 8.23. The lowest BCUT2D eigenvalue weighted by Gasteiger charge is -2.32. The van der Waals surface area contributed by atoms with E-state index >= 15 is 0 Å². The summed E-state index contributed by atoms with van der Waals surface area (Å²) in [5, 5.41) is 9.57. The molecule has 1 aliphatic heterocycles. The standard InChI is InChI=1S/C18H21F2NO6/c1-18(2,3)27-17(25)21-13(16(24)26-4)8-10(15(22)23)14(21)9-5-6-11(19)12(20)7-9/h5-7,10,13-14H,8H2,1-4H3,(H,22,23)/t10-,13+,14+/m1/s1. The van der Waals surface area contributed by atoms with Crippen molar-refractivity contribution in [3.63, 3.8) is 0 Å². The average Bonchev–Trinajstić information content (AvgIpc) is 2.96. The molecule has 1 fully saturated rings. The lowest BCUT2D eigenvalue weighted by atomic mass is 9.93. The number of amides is 1. The highest BCUT2D eigenvalue weighted by Crippen LogP contribution is 2.43. The van der Waals surface area contributed by atoms with E-state index in [9.17, 15) is 28.3 Å². The first-order chi connectivity index (χ1) is 12.5. The molecule has 3 atom stereocenters. The molecule has 1 aromatic carbocycles. The summed E-state index contributed by atoms with van der Waals surface area (Å²) in [4.78, 5) is 37.6. The third-order valence-corrected chi connectivity index (χ3v) is 4.17. The molecule has 1 amide bonds. The molecule has 1 N–H and O–H groups in total. The van der Waals surface area contributed by atoms with Crippen molar-refractivity contribution < 1.29 is 37.7 Å². The van der Waals surface area contributed by atoms with Crippen LogP contribution in [0.5, 0.6) is 0 Å². The molecule has 7 nitrogen and oxygen atoms in total. The fourth-order valence-electron chi connectivity index (χ4n) is 3.10. The fraction of sp³-hybridized carbons (Fsp3) is 0.500. The second-order valence-corrected chi connectivity index (χ2v) is 7.23. The van der Waals surface area contributed by atoms with Crippen molar-refractivity contribution in [1.29, 1.82) is 0 Å². The highest BCUT2D eigenvalue weighted by molar-refractivity contribution is 5.85. The number of carbonyl (C=O) groups excluding carboxylic acids is 2. The van der Waals surface area contributed by atoms with Crippen molar-refractivity contribution in [3.05, 3.63) is 35.4 Å². The number of carboxylic acid groups (broad SMARTS) is 1. The van der Waals surface area contributed by atoms with Gasteiger partial charge in [0.05, 0.1) is 19.1 Å². The van der Waals surface area contributed by atoms with Gasteiger partial charge in [-0.1, -0.05) is 6.07 Å². The van der Waals surface area contributed by atoms with Crippen molar-refractivity contribution in [2.75, 3.05) is 7.11 Å². The Bertz CT molecular complexity index is 761. The molecule has 0 aromatic heterocycles. The minimum absolute atomic E-state index is 0.0403. The largest absolute Gasteiger partial charge is 0.481 e. The molecule has 0 spiro atoms. The highest BCUT2D eigenvalue weighted by atomic mass is 19.2. The van der Waals surface area contributed by atoms with E-state index in [4.69, 9.17) is 4.74 Å². The Morgan fingerprint density at radius 1 is 1.19 bits per heavy atom. The smallest absolute Gasteiger partial charge is 0.411 e. The van der Waals surface area contributed by atoms with Crippen LogP contribution in [-0.4, -0.2) is 46.8 Å². The monoisotopic (exact) mass is 385 g/mol. The first kappa shape index (κ1) is 20.6. The number of hydrogen-bond donors (Lipinski definition) is 1. The maximum Gasteiger partial charge on any atom is 0.411 e. The van der Waals surface area contributed by atoms with Crippen LogP contribution in [0.2, 0.25) is 0 Å². The Kier molecular flexibility index (Phi) is 5.72. The van der Waals surface area contributed by atoms with Gasteiger partial charge in [0.2, 0.25) is 0 Å². The molecule has 0 unspecified atom stereocenters. The van der Waals surface area contributed by atoms with Crippen molar-refractivity contribution in [2.24, 2.45) is 5.92 Å². The Labute approximate surface area is 154 Å². The molecule has 0 saturated carbocycles. The average molecular weight is 385 g/mol. The van der Waals surface area contributed by atoms with Crippen molar-refractivity contribution >= 4 is 18.0 Å². The molecule has 148 valence electrons. The van der Waals surface area contributed by atoms with Gasteiger partial charge >= 0.3 is 18.0 Å². The number of methoxy groups -OCH3 is 1. The maximum atomic E-state index is 13.7. The highest BCUT2D eigenvalue weighted by Gasteiger charge is 2.52. The summed E-state index contributed by atoms with van der Waals surface area (Å²) in [5.74, 6) is -5.65. The number of aliphatic carboxylic acids is 1. The third kappa shape index (κ3) is 4.35. The minimum atomic E-state index is -1.29. The number of hydrogen-bond acceptors (Lipinski definition) is 5. The normalized spacial score (nSPS) is 22.4. The van der Waals surface area contributed by atoms with Gasteiger partial charge in [0.25, 0.3) is 0 Å². The van der Waals surface area contributed by atoms with E-state index in [0.29, 0.717) is 0 Å². The van der Waals surface area contributed by atoms with E-state index in [1.165, 1.54) is 6.07 Å². The number of benzene rings is 1. The van der Waals surface area contributed by atoms with Crippen LogP contribution < -0.4 is 0 Å². The summed E-state index contributed by atoms with van der Waals surface area (Å²) in [7, 11) is 1.11. The van der Waals surface area contributed by atoms with Crippen LogP contribution in [-0.2, 0) is 19.1 Å². The molecule has 0 aliphatic carbocycles. The lowest BCUT2D eigenvalue weighted by Crippen LogP contribution is -2.45. The number of likely N-dealkylation sites (tertiary alicyclic amines) is 1. The van der Waals surface area contributed by atoms with Crippen LogP contribution in [0.3, 0.4) is 0 Å². The lowest BCUT2D eigenvalue weighted by molar-refractivity contribution is -0.146. The van der Waals surface area contributed by atoms with Gasteiger partial charge in [0, 0.05) is 0 Å². The van der Waals surface area contributed by atoms with Crippen molar-refractivity contribution in [2.45, 2.75) is 44.9 Å². The van der Waals surface area contributed by atoms with E-state index in [2.05, 4.69) is 4.74 Å². The van der Waals surface area contributed by atoms with Crippen LogP contribution in [0.15, 0.2) is 18.2 Å². The fourth-order valence-corrected chi connectivity index (χ4v) is 3.10.